The lowest BCUT2D eigenvalue weighted by Crippen LogP contribution is -2.25. The number of aromatic amines is 1. The van der Waals surface area contributed by atoms with Crippen molar-refractivity contribution in [2.45, 2.75) is 13.8 Å². The van der Waals surface area contributed by atoms with Crippen LogP contribution in [-0.4, -0.2) is 10.9 Å². The lowest BCUT2D eigenvalue weighted by atomic mass is 9.98. The van der Waals surface area contributed by atoms with E-state index in [0.717, 1.165) is 5.56 Å². The summed E-state index contributed by atoms with van der Waals surface area (Å²) in [5.74, 6) is -0.531. The van der Waals surface area contributed by atoms with Crippen LogP contribution < -0.4 is 10.9 Å². The Hall–Kier alpha value is -3.05. The summed E-state index contributed by atoms with van der Waals surface area (Å²) in [6, 6.07) is 22.4. The van der Waals surface area contributed by atoms with Crippen LogP contribution in [0.5, 0.6) is 0 Å². The van der Waals surface area contributed by atoms with Gasteiger partial charge in [-0.1, -0.05) is 72.9 Å². The summed E-state index contributed by atoms with van der Waals surface area (Å²) in [5.41, 5.74) is 2.51. The minimum absolute atomic E-state index is 0.00464. The van der Waals surface area contributed by atoms with Crippen LogP contribution in [-0.2, 0) is 0 Å². The van der Waals surface area contributed by atoms with Crippen molar-refractivity contribution in [1.82, 2.24) is 4.98 Å². The van der Waals surface area contributed by atoms with Gasteiger partial charge in [-0.2, -0.15) is 0 Å². The van der Waals surface area contributed by atoms with Crippen LogP contribution in [0.3, 0.4) is 0 Å². The van der Waals surface area contributed by atoms with E-state index in [1.165, 1.54) is 0 Å². The average molecular weight is 500 g/mol. The number of pyridine rings is 1. The molecule has 0 spiro atoms. The normalized spacial score (nSPS) is 10.2. The van der Waals surface area contributed by atoms with E-state index in [0.29, 0.717) is 37.6 Å². The zero-order valence-electron chi connectivity index (χ0n) is 18.0. The van der Waals surface area contributed by atoms with Crippen LogP contribution in [0.1, 0.15) is 24.2 Å². The molecule has 1 amide bonds. The third kappa shape index (κ3) is 6.05. The SMILES string of the molecule is CC.O=C(Nc1ccc(Cl)cc1)c1c(-c2ccc(Cl)cc2)cc(-c2ccc(Cl)cc2)[nH]c1=O. The average Bonchev–Trinajstić information content (AvgIpc) is 2.82. The molecule has 4 aromatic rings. The van der Waals surface area contributed by atoms with Gasteiger partial charge in [0.1, 0.15) is 5.56 Å². The number of hydrogen-bond donors (Lipinski definition) is 2. The molecule has 0 unspecified atom stereocenters. The van der Waals surface area contributed by atoms with Gasteiger partial charge in [0.2, 0.25) is 0 Å². The third-order valence-corrected chi connectivity index (χ3v) is 5.43. The number of amides is 1. The van der Waals surface area contributed by atoms with E-state index in [-0.39, 0.29) is 5.56 Å². The molecule has 0 saturated heterocycles. The molecule has 33 heavy (non-hydrogen) atoms. The first-order valence-electron chi connectivity index (χ1n) is 10.3. The highest BCUT2D eigenvalue weighted by atomic mass is 35.5. The van der Waals surface area contributed by atoms with Gasteiger partial charge in [0, 0.05) is 32.0 Å². The van der Waals surface area contributed by atoms with Gasteiger partial charge in [-0.25, -0.2) is 0 Å². The van der Waals surface area contributed by atoms with E-state index in [1.807, 2.05) is 13.8 Å². The van der Waals surface area contributed by atoms with E-state index in [9.17, 15) is 9.59 Å². The number of hydrogen-bond acceptors (Lipinski definition) is 2. The maximum Gasteiger partial charge on any atom is 0.261 e. The summed E-state index contributed by atoms with van der Waals surface area (Å²) >= 11 is 17.9. The van der Waals surface area contributed by atoms with Crippen molar-refractivity contribution in [3.8, 4) is 22.4 Å². The second kappa shape index (κ2) is 11.2. The van der Waals surface area contributed by atoms with Crippen LogP contribution in [0.2, 0.25) is 15.1 Å². The van der Waals surface area contributed by atoms with Crippen LogP contribution >= 0.6 is 34.8 Å². The van der Waals surface area contributed by atoms with Crippen LogP contribution in [0.15, 0.2) is 83.7 Å². The van der Waals surface area contributed by atoms with Crippen molar-refractivity contribution in [2.75, 3.05) is 5.32 Å². The molecular weight excluding hydrogens is 479 g/mol. The zero-order valence-corrected chi connectivity index (χ0v) is 20.2. The van der Waals surface area contributed by atoms with E-state index < -0.39 is 11.5 Å². The summed E-state index contributed by atoms with van der Waals surface area (Å²) < 4.78 is 0. The molecule has 4 nitrogen and oxygen atoms in total. The highest BCUT2D eigenvalue weighted by Crippen LogP contribution is 2.28. The molecule has 0 bridgehead atoms. The van der Waals surface area contributed by atoms with Crippen LogP contribution in [0.4, 0.5) is 5.69 Å². The number of carbonyl (C=O) groups excluding carboxylic acids is 1. The Bertz CT molecular complexity index is 1300. The van der Waals surface area contributed by atoms with Gasteiger partial charge in [0.05, 0.1) is 0 Å². The summed E-state index contributed by atoms with van der Waals surface area (Å²) in [7, 11) is 0. The second-order valence-electron chi connectivity index (χ2n) is 6.78. The van der Waals surface area contributed by atoms with Crippen molar-refractivity contribution in [2.24, 2.45) is 0 Å². The van der Waals surface area contributed by atoms with Crippen LogP contribution in [0.25, 0.3) is 22.4 Å². The van der Waals surface area contributed by atoms with E-state index in [1.54, 1.807) is 78.9 Å². The first kappa shape index (κ1) is 24.6. The number of H-pyrrole nitrogens is 1. The van der Waals surface area contributed by atoms with E-state index >= 15 is 0 Å². The molecule has 4 rings (SSSR count). The van der Waals surface area contributed by atoms with Gasteiger partial charge in [-0.05, 0) is 65.7 Å². The molecule has 168 valence electrons. The number of rotatable bonds is 4. The molecule has 1 aromatic heterocycles. The molecule has 0 radical (unpaired) electrons. The molecule has 7 heteroatoms. The van der Waals surface area contributed by atoms with Gasteiger partial charge >= 0.3 is 0 Å². The first-order chi connectivity index (χ1) is 15.9. The van der Waals surface area contributed by atoms with Crippen molar-refractivity contribution >= 4 is 46.4 Å². The quantitative estimate of drug-likeness (QED) is 0.299. The summed E-state index contributed by atoms with van der Waals surface area (Å²) in [4.78, 5) is 28.9. The summed E-state index contributed by atoms with van der Waals surface area (Å²) in [6.07, 6.45) is 0. The highest BCUT2D eigenvalue weighted by molar-refractivity contribution is 6.31. The molecule has 1 heterocycles. The second-order valence-corrected chi connectivity index (χ2v) is 8.08. The largest absolute Gasteiger partial charge is 0.322 e. The van der Waals surface area contributed by atoms with E-state index in [4.69, 9.17) is 34.8 Å². The minimum Gasteiger partial charge on any atom is -0.322 e. The molecule has 0 saturated carbocycles. The smallest absolute Gasteiger partial charge is 0.261 e. The molecule has 3 aromatic carbocycles. The van der Waals surface area contributed by atoms with Crippen molar-refractivity contribution in [1.29, 1.82) is 0 Å². The Morgan fingerprint density at radius 2 is 1.18 bits per heavy atom. The zero-order chi connectivity index (χ0) is 24.0. The van der Waals surface area contributed by atoms with Crippen molar-refractivity contribution in [3.63, 3.8) is 0 Å². The Morgan fingerprint density at radius 1 is 0.727 bits per heavy atom. The predicted octanol–water partition coefficient (Wildman–Crippen LogP) is 7.95. The number of anilines is 1. The summed E-state index contributed by atoms with van der Waals surface area (Å²) in [5, 5.41) is 4.44. The molecule has 2 N–H and O–H groups in total. The lowest BCUT2D eigenvalue weighted by Gasteiger charge is -2.13. The molecule has 0 fully saturated rings. The van der Waals surface area contributed by atoms with Gasteiger partial charge in [-0.3, -0.25) is 9.59 Å². The fraction of sp³-hybridized carbons (Fsp3) is 0.0769. The molecular formula is C26H21Cl3N2O2. The number of carbonyl (C=O) groups is 1. The molecule has 0 aliphatic carbocycles. The van der Waals surface area contributed by atoms with Crippen LogP contribution in [0, 0.1) is 0 Å². The Balaban J connectivity index is 0.00000149. The third-order valence-electron chi connectivity index (χ3n) is 4.67. The number of aromatic nitrogens is 1. The van der Waals surface area contributed by atoms with Gasteiger partial charge in [0.25, 0.3) is 11.5 Å². The number of nitrogens with one attached hydrogen (secondary N) is 2. The Labute approximate surface area is 207 Å². The fourth-order valence-electron chi connectivity index (χ4n) is 3.15. The number of halogens is 3. The predicted molar refractivity (Wildman–Crippen MR) is 139 cm³/mol. The topological polar surface area (TPSA) is 62.0 Å². The van der Waals surface area contributed by atoms with Gasteiger partial charge in [-0.15, -0.1) is 0 Å². The fourth-order valence-corrected chi connectivity index (χ4v) is 3.53. The Kier molecular flexibility index (Phi) is 8.34. The first-order valence-corrected chi connectivity index (χ1v) is 11.4. The van der Waals surface area contributed by atoms with Crippen molar-refractivity contribution < 1.29 is 4.79 Å². The lowest BCUT2D eigenvalue weighted by molar-refractivity contribution is 0.102. The maximum atomic E-state index is 13.1. The van der Waals surface area contributed by atoms with Gasteiger partial charge in [0.15, 0.2) is 0 Å². The van der Waals surface area contributed by atoms with Crippen molar-refractivity contribution in [3.05, 3.63) is 110 Å². The van der Waals surface area contributed by atoms with E-state index in [2.05, 4.69) is 10.3 Å². The minimum atomic E-state index is -0.531. The highest BCUT2D eigenvalue weighted by Gasteiger charge is 2.19. The standard InChI is InChI=1S/C24H15Cl3N2O2.C2H6/c25-16-5-1-14(2-6-16)20-13-21(15-3-7-17(26)8-4-15)29-24(31)22(20)23(30)28-19-11-9-18(27)10-12-19;1-2/h1-13H,(H,28,30)(H,29,31);1-2H3. The maximum absolute atomic E-state index is 13.1. The monoisotopic (exact) mass is 498 g/mol. The molecule has 0 atom stereocenters. The number of benzene rings is 3. The Morgan fingerprint density at radius 3 is 1.70 bits per heavy atom. The summed E-state index contributed by atoms with van der Waals surface area (Å²) in [6.45, 7) is 4.00. The molecule has 0 aliphatic heterocycles. The van der Waals surface area contributed by atoms with Gasteiger partial charge < -0.3 is 10.3 Å². The molecule has 0 aliphatic rings.